The van der Waals surface area contributed by atoms with E-state index in [-0.39, 0.29) is 24.3 Å². The van der Waals surface area contributed by atoms with Gasteiger partial charge < -0.3 is 15.8 Å². The van der Waals surface area contributed by atoms with E-state index >= 15 is 0 Å². The molecule has 8 nitrogen and oxygen atoms in total. The molecular formula is C17H16ClN3O5. The number of carbonyl (C=O) groups is 2. The maximum Gasteiger partial charge on any atom is 0.312 e. The van der Waals surface area contributed by atoms with Gasteiger partial charge >= 0.3 is 12.0 Å². The molecule has 9 heteroatoms. The Labute approximate surface area is 154 Å². The number of hydrogen-bond donors (Lipinski definition) is 2. The van der Waals surface area contributed by atoms with Crippen molar-refractivity contribution in [3.8, 4) is 0 Å². The molecule has 0 aromatic heterocycles. The molecule has 0 aliphatic carbocycles. The van der Waals surface area contributed by atoms with Gasteiger partial charge in [-0.15, -0.1) is 0 Å². The van der Waals surface area contributed by atoms with Crippen LogP contribution < -0.4 is 11.1 Å². The average Bonchev–Trinajstić information content (AvgIpc) is 2.60. The largest absolute Gasteiger partial charge is 0.460 e. The third-order valence-electron chi connectivity index (χ3n) is 3.54. The van der Waals surface area contributed by atoms with E-state index in [4.69, 9.17) is 22.1 Å². The number of halogens is 1. The van der Waals surface area contributed by atoms with Crippen LogP contribution in [-0.2, 0) is 16.1 Å². The van der Waals surface area contributed by atoms with Gasteiger partial charge in [0.2, 0.25) is 0 Å². The Kier molecular flexibility index (Phi) is 6.51. The molecule has 26 heavy (non-hydrogen) atoms. The second-order valence-corrected chi connectivity index (χ2v) is 5.80. The van der Waals surface area contributed by atoms with Crippen molar-refractivity contribution in [3.05, 3.63) is 74.8 Å². The number of hydrogen-bond acceptors (Lipinski definition) is 5. The fraction of sp³-hybridized carbons (Fsp3) is 0.176. The van der Waals surface area contributed by atoms with Crippen molar-refractivity contribution in [1.82, 2.24) is 5.32 Å². The smallest absolute Gasteiger partial charge is 0.312 e. The standard InChI is InChI=1S/C17H16ClN3O5/c18-13-7-5-11(6-8-13)14(20-17(19)23)9-16(22)26-10-12-3-1-2-4-15(12)21(24)25/h1-8,14H,9-10H2,(H3,19,20,23)/t14-/m0/s1. The summed E-state index contributed by atoms with van der Waals surface area (Å²) in [6.45, 7) is -0.250. The highest BCUT2D eigenvalue weighted by molar-refractivity contribution is 6.30. The third kappa shape index (κ3) is 5.45. The predicted molar refractivity (Wildman–Crippen MR) is 94.4 cm³/mol. The molecule has 0 aliphatic heterocycles. The van der Waals surface area contributed by atoms with Crippen LogP contribution in [0.2, 0.25) is 5.02 Å². The number of esters is 1. The quantitative estimate of drug-likeness (QED) is 0.435. The number of amides is 2. The second kappa shape index (κ2) is 8.82. The number of nitro groups is 1. The number of rotatable bonds is 7. The Morgan fingerprint density at radius 3 is 2.46 bits per heavy atom. The first-order valence-corrected chi connectivity index (χ1v) is 7.94. The van der Waals surface area contributed by atoms with E-state index in [0.29, 0.717) is 10.6 Å². The van der Waals surface area contributed by atoms with Crippen molar-refractivity contribution in [2.45, 2.75) is 19.1 Å². The number of ether oxygens (including phenoxy) is 1. The van der Waals surface area contributed by atoms with Crippen molar-refractivity contribution in [2.24, 2.45) is 5.73 Å². The fourth-order valence-electron chi connectivity index (χ4n) is 2.31. The SMILES string of the molecule is NC(=O)N[C@@H](CC(=O)OCc1ccccc1[N+](=O)[O-])c1ccc(Cl)cc1. The number of urea groups is 1. The summed E-state index contributed by atoms with van der Waals surface area (Å²) in [4.78, 5) is 33.7. The lowest BCUT2D eigenvalue weighted by atomic mass is 10.0. The lowest BCUT2D eigenvalue weighted by molar-refractivity contribution is -0.385. The number of primary amides is 1. The number of nitrogens with one attached hydrogen (secondary N) is 1. The van der Waals surface area contributed by atoms with E-state index in [2.05, 4.69) is 5.32 Å². The molecule has 0 heterocycles. The summed E-state index contributed by atoms with van der Waals surface area (Å²) >= 11 is 5.83. The van der Waals surface area contributed by atoms with Crippen LogP contribution in [0.3, 0.4) is 0 Å². The van der Waals surface area contributed by atoms with Crippen molar-refractivity contribution in [2.75, 3.05) is 0 Å². The first-order valence-electron chi connectivity index (χ1n) is 7.56. The summed E-state index contributed by atoms with van der Waals surface area (Å²) in [5.41, 5.74) is 5.91. The topological polar surface area (TPSA) is 125 Å². The molecule has 0 aliphatic rings. The molecule has 2 amide bonds. The van der Waals surface area contributed by atoms with E-state index < -0.39 is 23.0 Å². The van der Waals surface area contributed by atoms with Crippen LogP contribution in [0.15, 0.2) is 48.5 Å². The number of nitrogens with two attached hydrogens (primary N) is 1. The summed E-state index contributed by atoms with van der Waals surface area (Å²) in [6.07, 6.45) is -0.189. The summed E-state index contributed by atoms with van der Waals surface area (Å²) in [5.74, 6) is -0.642. The predicted octanol–water partition coefficient (Wildman–Crippen LogP) is 3.09. The van der Waals surface area contributed by atoms with Gasteiger partial charge in [-0.05, 0) is 23.8 Å². The minimum absolute atomic E-state index is 0.134. The van der Waals surface area contributed by atoms with E-state index in [0.717, 1.165) is 0 Å². The minimum Gasteiger partial charge on any atom is -0.460 e. The van der Waals surface area contributed by atoms with Gasteiger partial charge in [-0.3, -0.25) is 14.9 Å². The lowest BCUT2D eigenvalue weighted by Crippen LogP contribution is -2.34. The summed E-state index contributed by atoms with van der Waals surface area (Å²) < 4.78 is 5.11. The average molecular weight is 378 g/mol. The summed E-state index contributed by atoms with van der Waals surface area (Å²) in [5, 5.41) is 13.9. The van der Waals surface area contributed by atoms with E-state index in [1.807, 2.05) is 0 Å². The first kappa shape index (κ1) is 19.2. The van der Waals surface area contributed by atoms with Gasteiger partial charge in [0.05, 0.1) is 22.9 Å². The molecule has 0 spiro atoms. The van der Waals surface area contributed by atoms with E-state index in [1.165, 1.54) is 18.2 Å². The molecule has 1 atom stereocenters. The van der Waals surface area contributed by atoms with E-state index in [9.17, 15) is 19.7 Å². The number of nitro benzene ring substituents is 1. The van der Waals surface area contributed by atoms with Crippen LogP contribution in [0.4, 0.5) is 10.5 Å². The van der Waals surface area contributed by atoms with Crippen LogP contribution in [-0.4, -0.2) is 16.9 Å². The van der Waals surface area contributed by atoms with Crippen molar-refractivity contribution in [3.63, 3.8) is 0 Å². The molecule has 2 aromatic carbocycles. The van der Waals surface area contributed by atoms with Gasteiger partial charge in [0.15, 0.2) is 0 Å². The van der Waals surface area contributed by atoms with Gasteiger partial charge in [0, 0.05) is 11.1 Å². The molecule has 2 rings (SSSR count). The highest BCUT2D eigenvalue weighted by atomic mass is 35.5. The number of para-hydroxylation sites is 1. The summed E-state index contributed by atoms with van der Waals surface area (Å²) in [6, 6.07) is 11.0. The molecular weight excluding hydrogens is 362 g/mol. The molecule has 0 saturated carbocycles. The van der Waals surface area contributed by atoms with Crippen LogP contribution in [0, 0.1) is 10.1 Å². The van der Waals surface area contributed by atoms with Crippen molar-refractivity contribution >= 4 is 29.3 Å². The number of benzene rings is 2. The van der Waals surface area contributed by atoms with Crippen LogP contribution in [0.5, 0.6) is 0 Å². The van der Waals surface area contributed by atoms with Crippen LogP contribution in [0.25, 0.3) is 0 Å². The monoisotopic (exact) mass is 377 g/mol. The Bertz CT molecular complexity index is 810. The Morgan fingerprint density at radius 2 is 1.85 bits per heavy atom. The molecule has 2 aromatic rings. The molecule has 0 fully saturated rings. The van der Waals surface area contributed by atoms with Gasteiger partial charge in [-0.25, -0.2) is 4.79 Å². The van der Waals surface area contributed by atoms with Crippen LogP contribution in [0.1, 0.15) is 23.6 Å². The van der Waals surface area contributed by atoms with Gasteiger partial charge in [-0.1, -0.05) is 35.9 Å². The first-order chi connectivity index (χ1) is 12.4. The van der Waals surface area contributed by atoms with E-state index in [1.54, 1.807) is 30.3 Å². The van der Waals surface area contributed by atoms with Gasteiger partial charge in [0.25, 0.3) is 5.69 Å². The Hall–Kier alpha value is -3.13. The molecule has 136 valence electrons. The molecule has 0 unspecified atom stereocenters. The zero-order valence-electron chi connectivity index (χ0n) is 13.6. The maximum atomic E-state index is 12.1. The minimum atomic E-state index is -0.795. The molecule has 3 N–H and O–H groups in total. The Morgan fingerprint density at radius 1 is 1.19 bits per heavy atom. The molecule has 0 bridgehead atoms. The third-order valence-corrected chi connectivity index (χ3v) is 3.79. The zero-order valence-corrected chi connectivity index (χ0v) is 14.3. The lowest BCUT2D eigenvalue weighted by Gasteiger charge is -2.17. The maximum absolute atomic E-state index is 12.1. The number of carbonyl (C=O) groups excluding carboxylic acids is 2. The zero-order chi connectivity index (χ0) is 19.1. The van der Waals surface area contributed by atoms with Gasteiger partial charge in [-0.2, -0.15) is 0 Å². The van der Waals surface area contributed by atoms with Gasteiger partial charge in [0.1, 0.15) is 6.61 Å². The van der Waals surface area contributed by atoms with Crippen molar-refractivity contribution in [1.29, 1.82) is 0 Å². The highest BCUT2D eigenvalue weighted by Crippen LogP contribution is 2.22. The fourth-order valence-corrected chi connectivity index (χ4v) is 2.44. The molecule has 0 saturated heterocycles. The molecule has 0 radical (unpaired) electrons. The van der Waals surface area contributed by atoms with Crippen molar-refractivity contribution < 1.29 is 19.2 Å². The van der Waals surface area contributed by atoms with Crippen LogP contribution >= 0.6 is 11.6 Å². The highest BCUT2D eigenvalue weighted by Gasteiger charge is 2.20. The summed E-state index contributed by atoms with van der Waals surface area (Å²) in [7, 11) is 0. The second-order valence-electron chi connectivity index (χ2n) is 5.36. The number of nitrogens with zero attached hydrogens (tertiary/aromatic N) is 1. The Balaban J connectivity index is 2.04. The normalized spacial score (nSPS) is 11.4.